The summed E-state index contributed by atoms with van der Waals surface area (Å²) < 4.78 is 2.09. The van der Waals surface area contributed by atoms with Gasteiger partial charge in [-0.1, -0.05) is 12.2 Å². The van der Waals surface area contributed by atoms with E-state index < -0.39 is 6.09 Å². The molecule has 0 aliphatic heterocycles. The number of carbonyl (C=O) groups excluding carboxylic acids is 1. The van der Waals surface area contributed by atoms with Gasteiger partial charge in [0.25, 0.3) is 5.91 Å². The topological polar surface area (TPSA) is 69.6 Å². The molecule has 1 aromatic rings. The SMILES string of the molecule is C=CCN(CC=C)C(=O)c1c(I)cc(I)c(NC(=O)O)c1I. The average Bonchev–Trinajstić information content (AvgIpc) is 2.42. The van der Waals surface area contributed by atoms with Gasteiger partial charge in [0.15, 0.2) is 0 Å². The Hall–Kier alpha value is -0.370. The Morgan fingerprint density at radius 3 is 2.18 bits per heavy atom. The number of halogens is 3. The first-order valence-electron chi connectivity index (χ1n) is 6.02. The van der Waals surface area contributed by atoms with Crippen molar-refractivity contribution in [1.82, 2.24) is 4.90 Å². The number of benzene rings is 1. The van der Waals surface area contributed by atoms with Gasteiger partial charge in [-0.25, -0.2) is 4.79 Å². The number of carbonyl (C=O) groups is 2. The van der Waals surface area contributed by atoms with E-state index in [4.69, 9.17) is 5.11 Å². The van der Waals surface area contributed by atoms with Crippen LogP contribution in [-0.2, 0) is 0 Å². The molecule has 0 radical (unpaired) electrons. The maximum absolute atomic E-state index is 12.8. The molecule has 22 heavy (non-hydrogen) atoms. The van der Waals surface area contributed by atoms with Gasteiger partial charge >= 0.3 is 6.09 Å². The maximum Gasteiger partial charge on any atom is 0.409 e. The van der Waals surface area contributed by atoms with Gasteiger partial charge < -0.3 is 10.0 Å². The van der Waals surface area contributed by atoms with E-state index in [0.717, 1.165) is 7.14 Å². The van der Waals surface area contributed by atoms with Gasteiger partial charge in [0.05, 0.1) is 14.8 Å². The van der Waals surface area contributed by atoms with Crippen LogP contribution in [0.25, 0.3) is 0 Å². The van der Waals surface area contributed by atoms with Crippen LogP contribution in [0.4, 0.5) is 10.5 Å². The van der Waals surface area contributed by atoms with E-state index >= 15 is 0 Å². The normalized spacial score (nSPS) is 9.95. The fourth-order valence-electron chi connectivity index (χ4n) is 1.72. The highest BCUT2D eigenvalue weighted by molar-refractivity contribution is 14.1. The lowest BCUT2D eigenvalue weighted by Crippen LogP contribution is -2.32. The Labute approximate surface area is 169 Å². The van der Waals surface area contributed by atoms with Crippen molar-refractivity contribution >= 4 is 85.5 Å². The zero-order chi connectivity index (χ0) is 16.9. The van der Waals surface area contributed by atoms with Crippen LogP contribution in [0.1, 0.15) is 10.4 Å². The van der Waals surface area contributed by atoms with Crippen molar-refractivity contribution in [3.05, 3.63) is 47.7 Å². The fourth-order valence-corrected chi connectivity index (χ4v) is 5.82. The fraction of sp³-hybridized carbons (Fsp3) is 0.143. The van der Waals surface area contributed by atoms with Crippen LogP contribution in [-0.4, -0.2) is 35.1 Å². The van der Waals surface area contributed by atoms with Crippen molar-refractivity contribution in [3.63, 3.8) is 0 Å². The molecule has 0 spiro atoms. The van der Waals surface area contributed by atoms with E-state index in [-0.39, 0.29) is 5.91 Å². The average molecular weight is 638 g/mol. The van der Waals surface area contributed by atoms with Crippen LogP contribution in [0, 0.1) is 10.7 Å². The minimum Gasteiger partial charge on any atom is -0.465 e. The second-order valence-corrected chi connectivity index (χ2v) is 7.52. The van der Waals surface area contributed by atoms with Gasteiger partial charge in [-0.2, -0.15) is 0 Å². The second-order valence-electron chi connectivity index (χ2n) is 4.12. The molecule has 0 fully saturated rings. The highest BCUT2D eigenvalue weighted by atomic mass is 127. The van der Waals surface area contributed by atoms with Gasteiger partial charge in [-0.3, -0.25) is 10.1 Å². The van der Waals surface area contributed by atoms with Gasteiger partial charge in [0, 0.05) is 20.2 Å². The molecular formula is C14H13I3N2O3. The Morgan fingerprint density at radius 1 is 1.18 bits per heavy atom. The lowest BCUT2D eigenvalue weighted by Gasteiger charge is -2.22. The molecule has 0 aliphatic rings. The van der Waals surface area contributed by atoms with E-state index in [1.165, 1.54) is 0 Å². The molecule has 118 valence electrons. The zero-order valence-corrected chi connectivity index (χ0v) is 17.9. The number of hydrogen-bond acceptors (Lipinski definition) is 2. The lowest BCUT2D eigenvalue weighted by atomic mass is 10.1. The first kappa shape index (κ1) is 19.7. The van der Waals surface area contributed by atoms with Crippen molar-refractivity contribution in [2.45, 2.75) is 0 Å². The molecule has 2 amide bonds. The Morgan fingerprint density at radius 2 is 1.73 bits per heavy atom. The molecule has 2 N–H and O–H groups in total. The molecule has 5 nitrogen and oxygen atoms in total. The van der Waals surface area contributed by atoms with Crippen molar-refractivity contribution in [2.75, 3.05) is 18.4 Å². The molecule has 0 heterocycles. The summed E-state index contributed by atoms with van der Waals surface area (Å²) in [6.45, 7) is 8.09. The molecule has 0 unspecified atom stereocenters. The van der Waals surface area contributed by atoms with Crippen molar-refractivity contribution in [3.8, 4) is 0 Å². The van der Waals surface area contributed by atoms with Crippen molar-refractivity contribution in [1.29, 1.82) is 0 Å². The van der Waals surface area contributed by atoms with Crippen molar-refractivity contribution < 1.29 is 14.7 Å². The largest absolute Gasteiger partial charge is 0.465 e. The summed E-state index contributed by atoms with van der Waals surface area (Å²) in [5.41, 5.74) is 0.906. The quantitative estimate of drug-likeness (QED) is 0.359. The lowest BCUT2D eigenvalue weighted by molar-refractivity contribution is 0.0788. The predicted octanol–water partition coefficient (Wildman–Crippen LogP) is 4.40. The molecule has 0 atom stereocenters. The molecule has 1 rings (SSSR count). The van der Waals surface area contributed by atoms with Crippen LogP contribution in [0.5, 0.6) is 0 Å². The van der Waals surface area contributed by atoms with E-state index in [0.29, 0.717) is 27.9 Å². The Kier molecular flexibility index (Phi) is 8.10. The standard InChI is InChI=1S/C14H13I3N2O3/c1-3-5-19(6-4-2)13(20)10-8(15)7-9(16)12(11(10)17)18-14(21)22/h3-4,7,18H,1-2,5-6H2,(H,21,22). The Balaban J connectivity index is 3.38. The van der Waals surface area contributed by atoms with E-state index in [2.05, 4.69) is 41.1 Å². The van der Waals surface area contributed by atoms with Gasteiger partial charge in [-0.05, 0) is 73.8 Å². The summed E-state index contributed by atoms with van der Waals surface area (Å²) in [6.07, 6.45) is 2.12. The van der Waals surface area contributed by atoms with Gasteiger partial charge in [-0.15, -0.1) is 13.2 Å². The Bertz CT molecular complexity index is 622. The summed E-state index contributed by atoms with van der Waals surface area (Å²) >= 11 is 6.12. The molecule has 0 aromatic heterocycles. The summed E-state index contributed by atoms with van der Waals surface area (Å²) in [5, 5.41) is 11.3. The van der Waals surface area contributed by atoms with E-state index in [9.17, 15) is 9.59 Å². The zero-order valence-electron chi connectivity index (χ0n) is 11.4. The molecule has 0 saturated heterocycles. The number of carboxylic acid groups (broad SMARTS) is 1. The van der Waals surface area contributed by atoms with E-state index in [1.807, 2.05) is 45.2 Å². The molecule has 0 bridgehead atoms. The number of hydrogen-bond donors (Lipinski definition) is 2. The van der Waals surface area contributed by atoms with Crippen LogP contribution >= 0.6 is 67.8 Å². The highest BCUT2D eigenvalue weighted by Gasteiger charge is 2.24. The first-order valence-corrected chi connectivity index (χ1v) is 9.25. The van der Waals surface area contributed by atoms with Crippen molar-refractivity contribution in [2.24, 2.45) is 0 Å². The third-order valence-electron chi connectivity index (χ3n) is 2.60. The summed E-state index contributed by atoms with van der Waals surface area (Å²) in [4.78, 5) is 25.3. The minimum atomic E-state index is -1.16. The minimum absolute atomic E-state index is 0.182. The molecule has 1 aromatic carbocycles. The summed E-state index contributed by atoms with van der Waals surface area (Å²) in [5.74, 6) is -0.182. The molecule has 8 heteroatoms. The first-order chi connectivity index (χ1) is 10.3. The number of nitrogens with one attached hydrogen (secondary N) is 1. The third-order valence-corrected chi connectivity index (χ3v) is 5.38. The highest BCUT2D eigenvalue weighted by Crippen LogP contribution is 2.32. The third kappa shape index (κ3) is 4.81. The van der Waals surface area contributed by atoms with Crippen LogP contribution in [0.3, 0.4) is 0 Å². The smallest absolute Gasteiger partial charge is 0.409 e. The second kappa shape index (κ2) is 9.05. The van der Waals surface area contributed by atoms with Crippen LogP contribution in [0.15, 0.2) is 31.4 Å². The molecular weight excluding hydrogens is 625 g/mol. The predicted molar refractivity (Wildman–Crippen MR) is 113 cm³/mol. The monoisotopic (exact) mass is 638 g/mol. The maximum atomic E-state index is 12.8. The number of amides is 2. The van der Waals surface area contributed by atoms with Crippen LogP contribution in [0.2, 0.25) is 0 Å². The number of nitrogens with zero attached hydrogens (tertiary/aromatic N) is 1. The molecule has 0 aliphatic carbocycles. The summed E-state index contributed by atoms with van der Waals surface area (Å²) in [6, 6.07) is 1.78. The molecule has 0 saturated carbocycles. The van der Waals surface area contributed by atoms with Gasteiger partial charge in [0.1, 0.15) is 0 Å². The number of anilines is 1. The number of rotatable bonds is 6. The van der Waals surface area contributed by atoms with E-state index in [1.54, 1.807) is 23.1 Å². The summed E-state index contributed by atoms with van der Waals surface area (Å²) in [7, 11) is 0. The van der Waals surface area contributed by atoms with Crippen LogP contribution < -0.4 is 5.32 Å². The van der Waals surface area contributed by atoms with Gasteiger partial charge in [0.2, 0.25) is 0 Å².